The normalized spacial score (nSPS) is 12.1. The van der Waals surface area contributed by atoms with Crippen molar-refractivity contribution in [1.29, 1.82) is 0 Å². The molecule has 0 aliphatic rings. The fourth-order valence-electron chi connectivity index (χ4n) is 3.06. The number of nitrogens with two attached hydrogens (primary N) is 1. The van der Waals surface area contributed by atoms with Crippen molar-refractivity contribution >= 4 is 52.6 Å². The molecule has 0 aliphatic carbocycles. The first-order valence-corrected chi connectivity index (χ1v) is 14.8. The zero-order valence-electron chi connectivity index (χ0n) is 20.0. The molecule has 0 atom stereocenters. The van der Waals surface area contributed by atoms with Crippen molar-refractivity contribution in [3.63, 3.8) is 0 Å². The summed E-state index contributed by atoms with van der Waals surface area (Å²) < 4.78 is 39.1. The van der Waals surface area contributed by atoms with E-state index < -0.39 is 54.5 Å². The van der Waals surface area contributed by atoms with E-state index in [1.54, 1.807) is 0 Å². The lowest BCUT2D eigenvalue weighted by Gasteiger charge is -2.36. The summed E-state index contributed by atoms with van der Waals surface area (Å²) >= 11 is 0. The van der Waals surface area contributed by atoms with E-state index in [-0.39, 0.29) is 44.9 Å². The maximum atomic E-state index is 11.9. The minimum atomic E-state index is -3.80. The average molecular weight is 549 g/mol. The van der Waals surface area contributed by atoms with Crippen LogP contribution in [-0.2, 0) is 23.2 Å². The molecule has 1 amide bonds. The van der Waals surface area contributed by atoms with E-state index >= 15 is 0 Å². The van der Waals surface area contributed by atoms with Gasteiger partial charge in [-0.3, -0.25) is 29.2 Å². The summed E-state index contributed by atoms with van der Waals surface area (Å²) in [7, 11) is -3.51. The third-order valence-corrected chi connectivity index (χ3v) is 6.36. The Hall–Kier alpha value is -2.45. The molecule has 17 heteroatoms. The molecule has 194 valence electrons. The van der Waals surface area contributed by atoms with Crippen LogP contribution in [0.15, 0.2) is 12.1 Å². The molecule has 1 aromatic rings. The Labute approximate surface area is 208 Å². The summed E-state index contributed by atoms with van der Waals surface area (Å²) in [4.78, 5) is 34.7. The van der Waals surface area contributed by atoms with Gasteiger partial charge in [0.1, 0.15) is 17.5 Å². The predicted octanol–water partition coefficient (Wildman–Crippen LogP) is 1.49. The Morgan fingerprint density at radius 3 is 2.09 bits per heavy atom. The SMILES string of the molecule is C[Si]OC(O[Si]C)C(C)(C)CCN(CCOS(C)(=O)=O)c1cc(C(N)=O)c([N+](=O)[O-])cc1[N+](=O)[O-]. The Kier molecular flexibility index (Phi) is 11.4. The molecule has 0 fully saturated rings. The highest BCUT2D eigenvalue weighted by Gasteiger charge is 2.33. The van der Waals surface area contributed by atoms with Crippen LogP contribution in [0, 0.1) is 25.6 Å². The van der Waals surface area contributed by atoms with Gasteiger partial charge in [-0.2, -0.15) is 8.42 Å². The monoisotopic (exact) mass is 548 g/mol. The average Bonchev–Trinajstić information content (AvgIpc) is 2.74. The number of rotatable bonds is 16. The highest BCUT2D eigenvalue weighted by atomic mass is 32.2. The molecule has 0 aliphatic heterocycles. The van der Waals surface area contributed by atoms with Crippen LogP contribution in [0.4, 0.5) is 17.1 Å². The molecule has 35 heavy (non-hydrogen) atoms. The molecule has 0 bridgehead atoms. The number of carbonyl (C=O) groups excluding carboxylic acids is 1. The molecule has 1 aromatic carbocycles. The van der Waals surface area contributed by atoms with Crippen LogP contribution < -0.4 is 10.6 Å². The second-order valence-electron chi connectivity index (χ2n) is 7.96. The predicted molar refractivity (Wildman–Crippen MR) is 129 cm³/mol. The van der Waals surface area contributed by atoms with E-state index in [0.717, 1.165) is 12.3 Å². The smallest absolute Gasteiger partial charge is 0.299 e. The molecule has 2 N–H and O–H groups in total. The maximum absolute atomic E-state index is 11.9. The molecule has 4 radical (unpaired) electrons. The van der Waals surface area contributed by atoms with E-state index in [1.165, 1.54) is 4.90 Å². The summed E-state index contributed by atoms with van der Waals surface area (Å²) in [5, 5.41) is 23.1. The quantitative estimate of drug-likeness (QED) is 0.103. The van der Waals surface area contributed by atoms with Crippen molar-refractivity contribution in [2.75, 3.05) is 30.9 Å². The Balaban J connectivity index is 3.50. The van der Waals surface area contributed by atoms with Crippen LogP contribution in [0.1, 0.15) is 30.6 Å². The number of nitrogens with zero attached hydrogens (tertiary/aromatic N) is 3. The van der Waals surface area contributed by atoms with E-state index in [1.807, 2.05) is 26.9 Å². The van der Waals surface area contributed by atoms with Gasteiger partial charge in [-0.1, -0.05) is 13.8 Å². The molecular weight excluding hydrogens is 520 g/mol. The van der Waals surface area contributed by atoms with Crippen LogP contribution in [-0.4, -0.2) is 75.9 Å². The minimum Gasteiger partial charge on any atom is -0.394 e. The van der Waals surface area contributed by atoms with Gasteiger partial charge in [0, 0.05) is 18.5 Å². The second-order valence-corrected chi connectivity index (χ2v) is 10.9. The van der Waals surface area contributed by atoms with Gasteiger partial charge in [-0.15, -0.1) is 0 Å². The third-order valence-electron chi connectivity index (χ3n) is 4.86. The topological polar surface area (TPSA) is 194 Å². The largest absolute Gasteiger partial charge is 0.394 e. The lowest BCUT2D eigenvalue weighted by Crippen LogP contribution is -2.40. The molecule has 0 saturated heterocycles. The number of hydrogen-bond acceptors (Lipinski definition) is 11. The molecule has 1 rings (SSSR count). The van der Waals surface area contributed by atoms with E-state index in [4.69, 9.17) is 18.8 Å². The molecule has 0 heterocycles. The molecule has 0 unspecified atom stereocenters. The highest BCUT2D eigenvalue weighted by molar-refractivity contribution is 7.85. The highest BCUT2D eigenvalue weighted by Crippen LogP contribution is 2.37. The molecule has 0 aromatic heterocycles. The van der Waals surface area contributed by atoms with Crippen LogP contribution in [0.5, 0.6) is 0 Å². The van der Waals surface area contributed by atoms with Gasteiger partial charge in [-0.05, 0) is 25.6 Å². The number of amides is 1. The standard InChI is InChI=1S/C18H28N4O10SSi2/c1-18(2,17(31-34-4)32-35-5)6-7-20(8-9-30-33(3,28)29)14-10-12(16(19)23)13(21(24)25)11-15(14)22(26)27/h10-11,17H,6-9H2,1-5H3,(H2,19,23). The number of benzene rings is 1. The maximum Gasteiger partial charge on any atom is 0.299 e. The second kappa shape index (κ2) is 13.0. The van der Waals surface area contributed by atoms with Gasteiger partial charge < -0.3 is 19.5 Å². The number of primary amides is 1. The van der Waals surface area contributed by atoms with Crippen molar-refractivity contribution in [3.05, 3.63) is 37.9 Å². The van der Waals surface area contributed by atoms with Gasteiger partial charge in [0.2, 0.25) is 19.5 Å². The zero-order valence-corrected chi connectivity index (χ0v) is 22.8. The molecule has 14 nitrogen and oxygen atoms in total. The summed E-state index contributed by atoms with van der Waals surface area (Å²) in [6, 6.07) is 1.63. The molecule has 0 saturated carbocycles. The van der Waals surface area contributed by atoms with Gasteiger partial charge in [0.05, 0.1) is 28.8 Å². The van der Waals surface area contributed by atoms with E-state index in [0.29, 0.717) is 12.5 Å². The lowest BCUT2D eigenvalue weighted by molar-refractivity contribution is -0.393. The number of anilines is 1. The fraction of sp³-hybridized carbons (Fsp3) is 0.611. The van der Waals surface area contributed by atoms with E-state index in [2.05, 4.69) is 0 Å². The first kappa shape index (κ1) is 30.6. The first-order chi connectivity index (χ1) is 16.1. The number of nitro groups is 2. The third kappa shape index (κ3) is 9.26. The Morgan fingerprint density at radius 2 is 1.66 bits per heavy atom. The van der Waals surface area contributed by atoms with Crippen molar-refractivity contribution in [3.8, 4) is 0 Å². The van der Waals surface area contributed by atoms with Crippen molar-refractivity contribution in [2.45, 2.75) is 39.7 Å². The summed E-state index contributed by atoms with van der Waals surface area (Å²) in [5.74, 6) is -1.14. The summed E-state index contributed by atoms with van der Waals surface area (Å²) in [6.45, 7) is 7.04. The van der Waals surface area contributed by atoms with Crippen LogP contribution in [0.25, 0.3) is 0 Å². The van der Waals surface area contributed by atoms with Crippen molar-refractivity contribution in [2.24, 2.45) is 11.1 Å². The van der Waals surface area contributed by atoms with Crippen molar-refractivity contribution < 1.29 is 36.1 Å². The number of nitro benzene ring substituents is 2. The number of carbonyl (C=O) groups is 1. The summed E-state index contributed by atoms with van der Waals surface area (Å²) in [6.07, 6.45) is 0.637. The van der Waals surface area contributed by atoms with Crippen molar-refractivity contribution in [1.82, 2.24) is 0 Å². The Morgan fingerprint density at radius 1 is 1.11 bits per heavy atom. The van der Waals surface area contributed by atoms with E-state index in [9.17, 15) is 33.4 Å². The minimum absolute atomic E-state index is 0.111. The van der Waals surface area contributed by atoms with Gasteiger partial charge in [0.15, 0.2) is 0 Å². The summed E-state index contributed by atoms with van der Waals surface area (Å²) in [5.41, 5.74) is 2.59. The number of hydrogen-bond donors (Lipinski definition) is 1. The van der Waals surface area contributed by atoms with Crippen LogP contribution >= 0.6 is 0 Å². The lowest BCUT2D eigenvalue weighted by atomic mass is 9.88. The van der Waals surface area contributed by atoms with Gasteiger partial charge in [0.25, 0.3) is 27.4 Å². The molecular formula is C18H28N4O10SSi2. The Bertz CT molecular complexity index is 1030. The molecule has 0 spiro atoms. The van der Waals surface area contributed by atoms with Crippen LogP contribution in [0.3, 0.4) is 0 Å². The zero-order chi connectivity index (χ0) is 27.0. The van der Waals surface area contributed by atoms with Gasteiger partial charge >= 0.3 is 0 Å². The van der Waals surface area contributed by atoms with Gasteiger partial charge in [-0.25, -0.2) is 0 Å². The first-order valence-electron chi connectivity index (χ1n) is 10.1. The fourth-order valence-corrected chi connectivity index (χ4v) is 4.70. The van der Waals surface area contributed by atoms with Crippen LogP contribution in [0.2, 0.25) is 13.1 Å².